The van der Waals surface area contributed by atoms with Crippen molar-refractivity contribution < 1.29 is 4.79 Å². The number of benzene rings is 1. The zero-order chi connectivity index (χ0) is 12.1. The Morgan fingerprint density at radius 2 is 2.12 bits per heavy atom. The second kappa shape index (κ2) is 5.39. The van der Waals surface area contributed by atoms with Crippen LogP contribution in [0.25, 0.3) is 0 Å². The van der Waals surface area contributed by atoms with Crippen molar-refractivity contribution in [1.29, 1.82) is 0 Å². The molecule has 3 N–H and O–H groups in total. The highest BCUT2D eigenvalue weighted by Crippen LogP contribution is 2.22. The van der Waals surface area contributed by atoms with E-state index in [0.29, 0.717) is 17.8 Å². The summed E-state index contributed by atoms with van der Waals surface area (Å²) in [7, 11) is 1.94. The standard InChI is InChI=1S/C12H19N3O/c1-4-14-12(16)10-7-6-9(13)8-11(10)15(3)5-2/h6-8H,4-5,13H2,1-3H3,(H,14,16). The van der Waals surface area contributed by atoms with Gasteiger partial charge in [-0.05, 0) is 32.0 Å². The molecule has 1 amide bonds. The molecule has 0 bridgehead atoms. The number of rotatable bonds is 4. The van der Waals surface area contributed by atoms with Crippen LogP contribution >= 0.6 is 0 Å². The molecule has 0 spiro atoms. The van der Waals surface area contributed by atoms with Gasteiger partial charge in [0.25, 0.3) is 5.91 Å². The molecule has 0 unspecified atom stereocenters. The van der Waals surface area contributed by atoms with Crippen molar-refractivity contribution in [1.82, 2.24) is 5.32 Å². The molecule has 4 heteroatoms. The zero-order valence-electron chi connectivity index (χ0n) is 10.1. The second-order valence-electron chi connectivity index (χ2n) is 3.65. The summed E-state index contributed by atoms with van der Waals surface area (Å²) in [5.74, 6) is -0.0576. The van der Waals surface area contributed by atoms with Gasteiger partial charge in [-0.3, -0.25) is 4.79 Å². The van der Waals surface area contributed by atoms with Crippen molar-refractivity contribution in [3.05, 3.63) is 23.8 Å². The summed E-state index contributed by atoms with van der Waals surface area (Å²) in [6, 6.07) is 5.34. The van der Waals surface area contributed by atoms with Crippen LogP contribution in [0.1, 0.15) is 24.2 Å². The fourth-order valence-corrected chi connectivity index (χ4v) is 1.48. The van der Waals surface area contributed by atoms with Crippen LogP contribution in [0.5, 0.6) is 0 Å². The van der Waals surface area contributed by atoms with Gasteiger partial charge in [0.2, 0.25) is 0 Å². The predicted octanol–water partition coefficient (Wildman–Crippen LogP) is 1.47. The molecule has 1 aromatic carbocycles. The lowest BCUT2D eigenvalue weighted by molar-refractivity contribution is 0.0956. The molecule has 0 radical (unpaired) electrons. The van der Waals surface area contributed by atoms with Crippen LogP contribution < -0.4 is 16.0 Å². The number of carbonyl (C=O) groups is 1. The maximum absolute atomic E-state index is 11.8. The zero-order valence-corrected chi connectivity index (χ0v) is 10.1. The second-order valence-corrected chi connectivity index (χ2v) is 3.65. The first-order valence-corrected chi connectivity index (χ1v) is 5.49. The van der Waals surface area contributed by atoms with Crippen LogP contribution in [0.3, 0.4) is 0 Å². The third-order valence-electron chi connectivity index (χ3n) is 2.49. The maximum Gasteiger partial charge on any atom is 0.253 e. The molecular formula is C12H19N3O. The van der Waals surface area contributed by atoms with Crippen molar-refractivity contribution in [2.24, 2.45) is 0 Å². The van der Waals surface area contributed by atoms with Gasteiger partial charge in [-0.2, -0.15) is 0 Å². The van der Waals surface area contributed by atoms with E-state index in [2.05, 4.69) is 5.32 Å². The molecule has 0 heterocycles. The van der Waals surface area contributed by atoms with Gasteiger partial charge in [0.05, 0.1) is 11.3 Å². The molecule has 4 nitrogen and oxygen atoms in total. The Kier molecular flexibility index (Phi) is 4.17. The Labute approximate surface area is 96.4 Å². The molecule has 0 atom stereocenters. The van der Waals surface area contributed by atoms with E-state index in [1.54, 1.807) is 12.1 Å². The predicted molar refractivity (Wildman–Crippen MR) is 67.8 cm³/mol. The van der Waals surface area contributed by atoms with Gasteiger partial charge in [0.1, 0.15) is 0 Å². The Balaban J connectivity index is 3.12. The number of hydrogen-bond acceptors (Lipinski definition) is 3. The molecule has 88 valence electrons. The number of nitrogen functional groups attached to an aromatic ring is 1. The number of nitrogens with two attached hydrogens (primary N) is 1. The largest absolute Gasteiger partial charge is 0.399 e. The summed E-state index contributed by atoms with van der Waals surface area (Å²) in [5.41, 5.74) is 7.94. The smallest absolute Gasteiger partial charge is 0.253 e. The Morgan fingerprint density at radius 3 is 2.69 bits per heavy atom. The Hall–Kier alpha value is -1.71. The van der Waals surface area contributed by atoms with Crippen LogP contribution in [0.2, 0.25) is 0 Å². The van der Waals surface area contributed by atoms with Crippen LogP contribution in [0.4, 0.5) is 11.4 Å². The van der Waals surface area contributed by atoms with Gasteiger partial charge in [-0.25, -0.2) is 0 Å². The summed E-state index contributed by atoms with van der Waals surface area (Å²) in [6.07, 6.45) is 0. The molecule has 0 saturated carbocycles. The van der Waals surface area contributed by atoms with Crippen LogP contribution in [-0.4, -0.2) is 26.0 Å². The van der Waals surface area contributed by atoms with Gasteiger partial charge in [-0.1, -0.05) is 0 Å². The monoisotopic (exact) mass is 221 g/mol. The van der Waals surface area contributed by atoms with E-state index in [1.165, 1.54) is 0 Å². The normalized spacial score (nSPS) is 9.94. The molecule has 16 heavy (non-hydrogen) atoms. The lowest BCUT2D eigenvalue weighted by atomic mass is 10.1. The lowest BCUT2D eigenvalue weighted by Gasteiger charge is -2.20. The number of anilines is 2. The van der Waals surface area contributed by atoms with Gasteiger partial charge >= 0.3 is 0 Å². The third kappa shape index (κ3) is 2.66. The van der Waals surface area contributed by atoms with Crippen LogP contribution in [0.15, 0.2) is 18.2 Å². The minimum Gasteiger partial charge on any atom is -0.399 e. The summed E-state index contributed by atoms with van der Waals surface area (Å²) < 4.78 is 0. The summed E-state index contributed by atoms with van der Waals surface area (Å²) in [5, 5.41) is 2.79. The van der Waals surface area contributed by atoms with Crippen molar-refractivity contribution in [3.8, 4) is 0 Å². The highest BCUT2D eigenvalue weighted by Gasteiger charge is 2.13. The van der Waals surface area contributed by atoms with Gasteiger partial charge < -0.3 is 16.0 Å². The van der Waals surface area contributed by atoms with Crippen molar-refractivity contribution in [3.63, 3.8) is 0 Å². The molecule has 0 aromatic heterocycles. The van der Waals surface area contributed by atoms with Crippen LogP contribution in [-0.2, 0) is 0 Å². The average Bonchev–Trinajstić information content (AvgIpc) is 2.28. The van der Waals surface area contributed by atoms with E-state index in [-0.39, 0.29) is 5.91 Å². The first kappa shape index (κ1) is 12.4. The number of nitrogens with zero attached hydrogens (tertiary/aromatic N) is 1. The van der Waals surface area contributed by atoms with E-state index in [1.807, 2.05) is 31.9 Å². The molecule has 1 aromatic rings. The molecule has 0 saturated heterocycles. The number of carbonyl (C=O) groups excluding carboxylic acids is 1. The first-order chi connectivity index (χ1) is 7.60. The van der Waals surface area contributed by atoms with E-state index < -0.39 is 0 Å². The third-order valence-corrected chi connectivity index (χ3v) is 2.49. The highest BCUT2D eigenvalue weighted by atomic mass is 16.1. The van der Waals surface area contributed by atoms with Crippen LogP contribution in [0, 0.1) is 0 Å². The molecule has 0 fully saturated rings. The topological polar surface area (TPSA) is 58.4 Å². The fourth-order valence-electron chi connectivity index (χ4n) is 1.48. The minimum atomic E-state index is -0.0576. The molecule has 0 aliphatic rings. The lowest BCUT2D eigenvalue weighted by Crippen LogP contribution is -2.26. The molecule has 0 aliphatic heterocycles. The number of amides is 1. The van der Waals surface area contributed by atoms with Crippen molar-refractivity contribution in [2.75, 3.05) is 30.8 Å². The Bertz CT molecular complexity index is 377. The number of nitrogens with one attached hydrogen (secondary N) is 1. The van der Waals surface area contributed by atoms with E-state index in [4.69, 9.17) is 5.73 Å². The van der Waals surface area contributed by atoms with E-state index >= 15 is 0 Å². The number of hydrogen-bond donors (Lipinski definition) is 2. The summed E-state index contributed by atoms with van der Waals surface area (Å²) >= 11 is 0. The average molecular weight is 221 g/mol. The SMILES string of the molecule is CCNC(=O)c1ccc(N)cc1N(C)CC. The summed E-state index contributed by atoms with van der Waals surface area (Å²) in [6.45, 7) is 5.39. The van der Waals surface area contributed by atoms with E-state index in [0.717, 1.165) is 12.2 Å². The van der Waals surface area contributed by atoms with Gasteiger partial charge in [0.15, 0.2) is 0 Å². The highest BCUT2D eigenvalue weighted by molar-refractivity contribution is 6.00. The minimum absolute atomic E-state index is 0.0576. The van der Waals surface area contributed by atoms with Crippen molar-refractivity contribution in [2.45, 2.75) is 13.8 Å². The van der Waals surface area contributed by atoms with Crippen molar-refractivity contribution >= 4 is 17.3 Å². The van der Waals surface area contributed by atoms with E-state index in [9.17, 15) is 4.79 Å². The Morgan fingerprint density at radius 1 is 1.44 bits per heavy atom. The molecule has 1 rings (SSSR count). The maximum atomic E-state index is 11.8. The first-order valence-electron chi connectivity index (χ1n) is 5.49. The molecular weight excluding hydrogens is 202 g/mol. The molecule has 0 aliphatic carbocycles. The van der Waals surface area contributed by atoms with Gasteiger partial charge in [0, 0.05) is 25.8 Å². The quantitative estimate of drug-likeness (QED) is 0.757. The van der Waals surface area contributed by atoms with Gasteiger partial charge in [-0.15, -0.1) is 0 Å². The fraction of sp³-hybridized carbons (Fsp3) is 0.417. The summed E-state index contributed by atoms with van der Waals surface area (Å²) in [4.78, 5) is 13.8.